The molecule has 0 saturated carbocycles. The van der Waals surface area contributed by atoms with Crippen molar-refractivity contribution in [1.29, 1.82) is 0 Å². The number of hydrogen-bond donors (Lipinski definition) is 0. The third-order valence-corrected chi connectivity index (χ3v) is 2.33. The summed E-state index contributed by atoms with van der Waals surface area (Å²) in [7, 11) is 2.10. The molecule has 1 nitrogen and oxygen atoms in total. The third-order valence-electron chi connectivity index (χ3n) is 2.33. The maximum atomic E-state index is 5.46. The smallest absolute Gasteiger partial charge is 0.0711 e. The van der Waals surface area contributed by atoms with Gasteiger partial charge in [0, 0.05) is 6.04 Å². The van der Waals surface area contributed by atoms with Gasteiger partial charge in [-0.15, -0.1) is 6.42 Å². The highest BCUT2D eigenvalue weighted by atomic mass is 15.1. The van der Waals surface area contributed by atoms with E-state index in [4.69, 9.17) is 6.42 Å². The van der Waals surface area contributed by atoms with Crippen LogP contribution in [0.5, 0.6) is 0 Å². The maximum Gasteiger partial charge on any atom is 0.0711 e. The fraction of sp³-hybridized carbons (Fsp3) is 0.818. The fourth-order valence-corrected chi connectivity index (χ4v) is 1.16. The lowest BCUT2D eigenvalue weighted by Crippen LogP contribution is -2.35. The molecule has 12 heavy (non-hydrogen) atoms. The Labute approximate surface area is 77.1 Å². The molecule has 0 rings (SSSR count). The lowest BCUT2D eigenvalue weighted by Gasteiger charge is -2.27. The van der Waals surface area contributed by atoms with E-state index in [1.54, 1.807) is 0 Å². The van der Waals surface area contributed by atoms with Crippen molar-refractivity contribution < 1.29 is 0 Å². The highest BCUT2D eigenvalue weighted by Gasteiger charge is 2.13. The third kappa shape index (κ3) is 3.78. The Morgan fingerprint density at radius 2 is 2.00 bits per heavy atom. The first-order valence-electron chi connectivity index (χ1n) is 4.81. The Morgan fingerprint density at radius 3 is 2.33 bits per heavy atom. The van der Waals surface area contributed by atoms with Crippen molar-refractivity contribution in [2.45, 2.75) is 52.1 Å². The fourth-order valence-electron chi connectivity index (χ4n) is 1.16. The highest BCUT2D eigenvalue weighted by molar-refractivity contribution is 4.99. The van der Waals surface area contributed by atoms with Crippen LogP contribution in [-0.4, -0.2) is 24.0 Å². The second-order valence-corrected chi connectivity index (χ2v) is 3.58. The molecule has 0 N–H and O–H groups in total. The van der Waals surface area contributed by atoms with Crippen LogP contribution in [0.2, 0.25) is 0 Å². The van der Waals surface area contributed by atoms with Crippen LogP contribution in [0.4, 0.5) is 0 Å². The number of rotatable bonds is 5. The largest absolute Gasteiger partial charge is 0.290 e. The second-order valence-electron chi connectivity index (χ2n) is 3.58. The van der Waals surface area contributed by atoms with Crippen LogP contribution in [0.3, 0.4) is 0 Å². The van der Waals surface area contributed by atoms with Gasteiger partial charge in [0.05, 0.1) is 6.04 Å². The van der Waals surface area contributed by atoms with E-state index in [1.807, 2.05) is 0 Å². The second kappa shape index (κ2) is 6.08. The SMILES string of the molecule is C#CC(CCCC)N(C)C(C)C. The number of hydrogen-bond acceptors (Lipinski definition) is 1. The first-order valence-corrected chi connectivity index (χ1v) is 4.81. The van der Waals surface area contributed by atoms with E-state index >= 15 is 0 Å². The van der Waals surface area contributed by atoms with Gasteiger partial charge >= 0.3 is 0 Å². The van der Waals surface area contributed by atoms with Crippen LogP contribution in [0, 0.1) is 12.3 Å². The molecule has 0 spiro atoms. The van der Waals surface area contributed by atoms with Crippen LogP contribution in [0.15, 0.2) is 0 Å². The van der Waals surface area contributed by atoms with E-state index in [1.165, 1.54) is 12.8 Å². The summed E-state index contributed by atoms with van der Waals surface area (Å²) >= 11 is 0. The molecule has 0 aromatic heterocycles. The van der Waals surface area contributed by atoms with Crippen molar-refractivity contribution in [3.63, 3.8) is 0 Å². The van der Waals surface area contributed by atoms with E-state index in [2.05, 4.69) is 38.6 Å². The molecule has 0 fully saturated rings. The van der Waals surface area contributed by atoms with Gasteiger partial charge in [-0.3, -0.25) is 4.90 Å². The van der Waals surface area contributed by atoms with E-state index in [9.17, 15) is 0 Å². The summed E-state index contributed by atoms with van der Waals surface area (Å²) < 4.78 is 0. The predicted molar refractivity (Wildman–Crippen MR) is 55.0 cm³/mol. The lowest BCUT2D eigenvalue weighted by molar-refractivity contribution is 0.223. The molecule has 0 aromatic rings. The van der Waals surface area contributed by atoms with Gasteiger partial charge in [0.15, 0.2) is 0 Å². The summed E-state index contributed by atoms with van der Waals surface area (Å²) in [6.07, 6.45) is 9.04. The van der Waals surface area contributed by atoms with Gasteiger partial charge < -0.3 is 0 Å². The minimum atomic E-state index is 0.324. The van der Waals surface area contributed by atoms with Gasteiger partial charge in [-0.2, -0.15) is 0 Å². The summed E-state index contributed by atoms with van der Waals surface area (Å²) in [5.74, 6) is 2.84. The van der Waals surface area contributed by atoms with E-state index in [0.29, 0.717) is 12.1 Å². The number of unbranched alkanes of at least 4 members (excludes halogenated alkanes) is 1. The monoisotopic (exact) mass is 167 g/mol. The molecular formula is C11H21N. The Hall–Kier alpha value is -0.480. The van der Waals surface area contributed by atoms with Crippen LogP contribution < -0.4 is 0 Å². The number of nitrogens with zero attached hydrogens (tertiary/aromatic N) is 1. The first kappa shape index (κ1) is 11.5. The Bertz CT molecular complexity index is 144. The Morgan fingerprint density at radius 1 is 1.42 bits per heavy atom. The maximum absolute atomic E-state index is 5.46. The first-order chi connectivity index (χ1) is 5.63. The van der Waals surface area contributed by atoms with Crippen LogP contribution >= 0.6 is 0 Å². The van der Waals surface area contributed by atoms with E-state index in [-0.39, 0.29) is 0 Å². The summed E-state index contributed by atoms with van der Waals surface area (Å²) in [6, 6.07) is 0.868. The van der Waals surface area contributed by atoms with Crippen molar-refractivity contribution in [2.75, 3.05) is 7.05 Å². The van der Waals surface area contributed by atoms with Crippen molar-refractivity contribution in [3.8, 4) is 12.3 Å². The summed E-state index contributed by atoms with van der Waals surface area (Å²) in [4.78, 5) is 2.26. The Balaban J connectivity index is 3.90. The molecule has 1 unspecified atom stereocenters. The molecular weight excluding hydrogens is 146 g/mol. The molecule has 0 aromatic carbocycles. The van der Waals surface area contributed by atoms with Gasteiger partial charge in [-0.1, -0.05) is 25.7 Å². The molecule has 0 radical (unpaired) electrons. The molecule has 0 aliphatic carbocycles. The Kier molecular flexibility index (Phi) is 5.84. The lowest BCUT2D eigenvalue weighted by atomic mass is 10.1. The van der Waals surface area contributed by atoms with Crippen molar-refractivity contribution >= 4 is 0 Å². The summed E-state index contributed by atoms with van der Waals surface area (Å²) in [6.45, 7) is 6.55. The predicted octanol–water partition coefficient (Wildman–Crippen LogP) is 2.52. The summed E-state index contributed by atoms with van der Waals surface area (Å²) in [5, 5.41) is 0. The van der Waals surface area contributed by atoms with Crippen molar-refractivity contribution in [1.82, 2.24) is 4.90 Å². The van der Waals surface area contributed by atoms with E-state index < -0.39 is 0 Å². The summed E-state index contributed by atoms with van der Waals surface area (Å²) in [5.41, 5.74) is 0. The quantitative estimate of drug-likeness (QED) is 0.569. The zero-order valence-corrected chi connectivity index (χ0v) is 8.80. The molecule has 0 aliphatic rings. The minimum Gasteiger partial charge on any atom is -0.290 e. The van der Waals surface area contributed by atoms with Gasteiger partial charge in [-0.05, 0) is 27.3 Å². The highest BCUT2D eigenvalue weighted by Crippen LogP contribution is 2.08. The average molecular weight is 167 g/mol. The molecule has 0 heterocycles. The zero-order chi connectivity index (χ0) is 9.56. The van der Waals surface area contributed by atoms with Crippen molar-refractivity contribution in [3.05, 3.63) is 0 Å². The van der Waals surface area contributed by atoms with E-state index in [0.717, 1.165) is 6.42 Å². The molecule has 1 atom stereocenters. The molecule has 1 heteroatoms. The number of terminal acetylenes is 1. The van der Waals surface area contributed by atoms with Crippen LogP contribution in [0.25, 0.3) is 0 Å². The molecule has 0 saturated heterocycles. The standard InChI is InChI=1S/C11H21N/c1-6-8-9-11(7-2)12(5)10(3)4/h2,10-11H,6,8-9H2,1,3-5H3. The van der Waals surface area contributed by atoms with Gasteiger partial charge in [0.25, 0.3) is 0 Å². The van der Waals surface area contributed by atoms with Gasteiger partial charge in [0.1, 0.15) is 0 Å². The molecule has 0 bridgehead atoms. The molecule has 70 valence electrons. The van der Waals surface area contributed by atoms with Gasteiger partial charge in [-0.25, -0.2) is 0 Å². The van der Waals surface area contributed by atoms with Crippen molar-refractivity contribution in [2.24, 2.45) is 0 Å². The normalized spacial score (nSPS) is 13.4. The molecule has 0 amide bonds. The minimum absolute atomic E-state index is 0.324. The average Bonchev–Trinajstić information content (AvgIpc) is 2.05. The van der Waals surface area contributed by atoms with Gasteiger partial charge in [0.2, 0.25) is 0 Å². The molecule has 0 aliphatic heterocycles. The zero-order valence-electron chi connectivity index (χ0n) is 8.80. The van der Waals surface area contributed by atoms with Crippen LogP contribution in [0.1, 0.15) is 40.0 Å². The van der Waals surface area contributed by atoms with Crippen LogP contribution in [-0.2, 0) is 0 Å². The topological polar surface area (TPSA) is 3.24 Å².